The van der Waals surface area contributed by atoms with Gasteiger partial charge in [-0.3, -0.25) is 4.79 Å². The fourth-order valence-electron chi connectivity index (χ4n) is 2.53. The van der Waals surface area contributed by atoms with Crippen LogP contribution >= 0.6 is 0 Å². The highest BCUT2D eigenvalue weighted by atomic mass is 19.1. The number of anilines is 2. The molecule has 0 saturated heterocycles. The van der Waals surface area contributed by atoms with E-state index in [2.05, 4.69) is 15.6 Å². The van der Waals surface area contributed by atoms with Gasteiger partial charge in [0.25, 0.3) is 5.91 Å². The Balaban J connectivity index is 1.55. The minimum absolute atomic E-state index is 0.222. The number of hydrogen-bond donors (Lipinski definition) is 2. The van der Waals surface area contributed by atoms with Gasteiger partial charge < -0.3 is 10.6 Å². The second-order valence-corrected chi connectivity index (χ2v) is 5.85. The maximum absolute atomic E-state index is 13.6. The number of halogens is 1. The van der Waals surface area contributed by atoms with Gasteiger partial charge in [0.05, 0.1) is 17.2 Å². The molecule has 0 aliphatic carbocycles. The molecule has 2 N–H and O–H groups in total. The van der Waals surface area contributed by atoms with E-state index in [0.29, 0.717) is 41.2 Å². The zero-order valence-electron chi connectivity index (χ0n) is 14.4. The van der Waals surface area contributed by atoms with Crippen LogP contribution in [0.15, 0.2) is 66.9 Å². The van der Waals surface area contributed by atoms with E-state index >= 15 is 0 Å². The number of nitriles is 1. The molecule has 134 valence electrons. The van der Waals surface area contributed by atoms with E-state index in [1.165, 1.54) is 12.3 Å². The molecule has 0 aliphatic rings. The average molecular weight is 360 g/mol. The number of rotatable bonds is 6. The van der Waals surface area contributed by atoms with E-state index in [-0.39, 0.29) is 11.7 Å². The van der Waals surface area contributed by atoms with Crippen molar-refractivity contribution < 1.29 is 9.18 Å². The number of benzene rings is 2. The smallest absolute Gasteiger partial charge is 0.257 e. The molecule has 1 amide bonds. The van der Waals surface area contributed by atoms with Gasteiger partial charge in [-0.2, -0.15) is 5.26 Å². The van der Waals surface area contributed by atoms with Crippen LogP contribution in [0.25, 0.3) is 0 Å². The summed E-state index contributed by atoms with van der Waals surface area (Å²) >= 11 is 0. The highest BCUT2D eigenvalue weighted by molar-refractivity contribution is 6.04. The van der Waals surface area contributed by atoms with Crippen molar-refractivity contribution in [2.75, 3.05) is 17.2 Å². The van der Waals surface area contributed by atoms with Crippen LogP contribution in [-0.4, -0.2) is 17.4 Å². The van der Waals surface area contributed by atoms with Crippen LogP contribution in [0.2, 0.25) is 0 Å². The Morgan fingerprint density at radius 2 is 1.96 bits per heavy atom. The third kappa shape index (κ3) is 4.89. The van der Waals surface area contributed by atoms with Crippen molar-refractivity contribution in [1.82, 2.24) is 4.98 Å². The van der Waals surface area contributed by atoms with E-state index in [4.69, 9.17) is 5.26 Å². The van der Waals surface area contributed by atoms with Crippen molar-refractivity contribution in [3.05, 3.63) is 89.4 Å². The Morgan fingerprint density at radius 3 is 2.70 bits per heavy atom. The third-order valence-corrected chi connectivity index (χ3v) is 3.93. The molecule has 1 aromatic heterocycles. The van der Waals surface area contributed by atoms with Crippen molar-refractivity contribution in [3.63, 3.8) is 0 Å². The summed E-state index contributed by atoms with van der Waals surface area (Å²) in [6, 6.07) is 18.7. The monoisotopic (exact) mass is 360 g/mol. The summed E-state index contributed by atoms with van der Waals surface area (Å²) in [7, 11) is 0. The Bertz CT molecular complexity index is 980. The number of pyridine rings is 1. The normalized spacial score (nSPS) is 10.1. The Labute approximate surface area is 156 Å². The molecule has 0 unspecified atom stereocenters. The number of carbonyl (C=O) groups is 1. The van der Waals surface area contributed by atoms with Crippen LogP contribution < -0.4 is 10.6 Å². The molecular weight excluding hydrogens is 343 g/mol. The molecule has 0 saturated carbocycles. The molecule has 6 heteroatoms. The molecular formula is C21H17FN4O. The summed E-state index contributed by atoms with van der Waals surface area (Å²) in [5, 5.41) is 14.7. The number of nitrogens with one attached hydrogen (secondary N) is 2. The Morgan fingerprint density at radius 1 is 1.11 bits per heavy atom. The number of amides is 1. The van der Waals surface area contributed by atoms with Gasteiger partial charge in [0, 0.05) is 18.4 Å². The van der Waals surface area contributed by atoms with Gasteiger partial charge in [-0.1, -0.05) is 24.3 Å². The zero-order chi connectivity index (χ0) is 19.1. The van der Waals surface area contributed by atoms with Crippen LogP contribution in [-0.2, 0) is 6.42 Å². The minimum atomic E-state index is -0.310. The number of aromatic nitrogens is 1. The first-order chi connectivity index (χ1) is 13.2. The van der Waals surface area contributed by atoms with Gasteiger partial charge in [-0.25, -0.2) is 9.37 Å². The fraction of sp³-hybridized carbons (Fsp3) is 0.0952. The van der Waals surface area contributed by atoms with Crippen LogP contribution in [0.3, 0.4) is 0 Å². The second kappa shape index (κ2) is 8.59. The molecule has 1 heterocycles. The number of nitrogens with zero attached hydrogens (tertiary/aromatic N) is 2. The van der Waals surface area contributed by atoms with Gasteiger partial charge in [-0.05, 0) is 48.4 Å². The zero-order valence-corrected chi connectivity index (χ0v) is 14.4. The standard InChI is InChI=1S/C21H17FN4O/c22-19-7-2-1-5-16(19)10-11-24-20-9-8-17(14-25-20)21(27)26-18-6-3-4-15(12-18)13-23/h1-9,12,14H,10-11H2,(H,24,25)(H,26,27). The molecule has 5 nitrogen and oxygen atoms in total. The van der Waals surface area contributed by atoms with Gasteiger partial charge >= 0.3 is 0 Å². The maximum atomic E-state index is 13.6. The van der Waals surface area contributed by atoms with Gasteiger partial charge in [0.15, 0.2) is 0 Å². The molecule has 0 spiro atoms. The number of carbonyl (C=O) groups excluding carboxylic acids is 1. The maximum Gasteiger partial charge on any atom is 0.257 e. The first-order valence-corrected chi connectivity index (χ1v) is 8.40. The van der Waals surface area contributed by atoms with Crippen LogP contribution in [0.4, 0.5) is 15.9 Å². The van der Waals surface area contributed by atoms with Crippen LogP contribution in [0, 0.1) is 17.1 Å². The van der Waals surface area contributed by atoms with Gasteiger partial charge in [-0.15, -0.1) is 0 Å². The molecule has 0 radical (unpaired) electrons. The predicted octanol–water partition coefficient (Wildman–Crippen LogP) is 4.00. The SMILES string of the molecule is N#Cc1cccc(NC(=O)c2ccc(NCCc3ccccc3F)nc2)c1. The highest BCUT2D eigenvalue weighted by Crippen LogP contribution is 2.13. The average Bonchev–Trinajstić information content (AvgIpc) is 2.70. The molecule has 0 atom stereocenters. The minimum Gasteiger partial charge on any atom is -0.370 e. The molecule has 0 bridgehead atoms. The van der Waals surface area contributed by atoms with E-state index in [1.807, 2.05) is 6.07 Å². The van der Waals surface area contributed by atoms with Crippen molar-refractivity contribution in [2.45, 2.75) is 6.42 Å². The van der Waals surface area contributed by atoms with Crippen LogP contribution in [0.5, 0.6) is 0 Å². The largest absolute Gasteiger partial charge is 0.370 e. The number of hydrogen-bond acceptors (Lipinski definition) is 4. The molecule has 27 heavy (non-hydrogen) atoms. The predicted molar refractivity (Wildman–Crippen MR) is 102 cm³/mol. The van der Waals surface area contributed by atoms with Crippen LogP contribution in [0.1, 0.15) is 21.5 Å². The fourth-order valence-corrected chi connectivity index (χ4v) is 2.53. The van der Waals surface area contributed by atoms with E-state index < -0.39 is 0 Å². The molecule has 3 rings (SSSR count). The highest BCUT2D eigenvalue weighted by Gasteiger charge is 2.07. The van der Waals surface area contributed by atoms with E-state index in [1.54, 1.807) is 54.6 Å². The summed E-state index contributed by atoms with van der Waals surface area (Å²) in [6.07, 6.45) is 2.00. The van der Waals surface area contributed by atoms with Crippen molar-refractivity contribution >= 4 is 17.4 Å². The van der Waals surface area contributed by atoms with E-state index in [0.717, 1.165) is 0 Å². The third-order valence-electron chi connectivity index (χ3n) is 3.93. The molecule has 0 fully saturated rings. The topological polar surface area (TPSA) is 77.8 Å². The lowest BCUT2D eigenvalue weighted by molar-refractivity contribution is 0.102. The summed E-state index contributed by atoms with van der Waals surface area (Å²) in [6.45, 7) is 0.528. The summed E-state index contributed by atoms with van der Waals surface area (Å²) in [5.74, 6) is 0.0737. The lowest BCUT2D eigenvalue weighted by atomic mass is 10.1. The molecule has 2 aromatic carbocycles. The van der Waals surface area contributed by atoms with Gasteiger partial charge in [0.1, 0.15) is 11.6 Å². The Hall–Kier alpha value is -3.72. The van der Waals surface area contributed by atoms with E-state index in [9.17, 15) is 9.18 Å². The lowest BCUT2D eigenvalue weighted by Crippen LogP contribution is -2.13. The first kappa shape index (κ1) is 18.1. The summed E-state index contributed by atoms with van der Waals surface area (Å²) in [5.41, 5.74) is 2.06. The molecule has 0 aliphatic heterocycles. The molecule has 3 aromatic rings. The van der Waals surface area contributed by atoms with Crippen molar-refractivity contribution in [3.8, 4) is 6.07 Å². The van der Waals surface area contributed by atoms with Crippen molar-refractivity contribution in [1.29, 1.82) is 5.26 Å². The Kier molecular flexibility index (Phi) is 5.75. The lowest BCUT2D eigenvalue weighted by Gasteiger charge is -2.08. The quantitative estimate of drug-likeness (QED) is 0.696. The first-order valence-electron chi connectivity index (χ1n) is 8.40. The van der Waals surface area contributed by atoms with Crippen molar-refractivity contribution in [2.24, 2.45) is 0 Å². The second-order valence-electron chi connectivity index (χ2n) is 5.85. The summed E-state index contributed by atoms with van der Waals surface area (Å²) in [4.78, 5) is 16.5. The van der Waals surface area contributed by atoms with Gasteiger partial charge in [0.2, 0.25) is 0 Å². The summed E-state index contributed by atoms with van der Waals surface area (Å²) < 4.78 is 13.6.